The molecule has 2 aromatic heterocycles. The van der Waals surface area contributed by atoms with Gasteiger partial charge in [-0.1, -0.05) is 4.98 Å². The standard InChI is InChI=1S/C10H11N5O4/c11-7-4-8-14(2-12-4)9-5(17)6(18)10(1-16,19-9)15(8)3-13-7/h2-3,5-6,9,11,16-18H,1H2/p+1/t5?,6?,9-,10+/m1/s1. The molecule has 0 radical (unpaired) electrons. The molecule has 0 aliphatic carbocycles. The molecule has 4 heterocycles. The van der Waals surface area contributed by atoms with E-state index >= 15 is 0 Å². The zero-order valence-electron chi connectivity index (χ0n) is 9.71. The van der Waals surface area contributed by atoms with Gasteiger partial charge in [-0.2, -0.15) is 4.57 Å². The monoisotopic (exact) mass is 266 g/mol. The van der Waals surface area contributed by atoms with Gasteiger partial charge in [0.1, 0.15) is 12.7 Å². The van der Waals surface area contributed by atoms with E-state index in [1.54, 1.807) is 4.57 Å². The summed E-state index contributed by atoms with van der Waals surface area (Å²) in [4.78, 5) is 8.11. The topological polar surface area (TPSA) is 131 Å². The second kappa shape index (κ2) is 3.20. The Kier molecular flexibility index (Phi) is 1.86. The largest absolute Gasteiger partial charge is 0.390 e. The van der Waals surface area contributed by atoms with Crippen molar-refractivity contribution in [3.63, 3.8) is 0 Å². The third-order valence-corrected chi connectivity index (χ3v) is 3.86. The maximum atomic E-state index is 10.2. The average molecular weight is 266 g/mol. The van der Waals surface area contributed by atoms with Gasteiger partial charge in [0.2, 0.25) is 24.1 Å². The lowest BCUT2D eigenvalue weighted by Gasteiger charge is -2.30. The number of imidazole rings is 1. The van der Waals surface area contributed by atoms with Crippen molar-refractivity contribution in [2.24, 2.45) is 0 Å². The number of nitrogens with two attached hydrogens (primary N) is 1. The Morgan fingerprint density at radius 1 is 1.47 bits per heavy atom. The molecule has 100 valence electrons. The van der Waals surface area contributed by atoms with Crippen molar-refractivity contribution in [2.75, 3.05) is 12.3 Å². The first-order valence-electron chi connectivity index (χ1n) is 5.78. The minimum absolute atomic E-state index is 0.239. The first-order valence-corrected chi connectivity index (χ1v) is 5.78. The number of hydrogen-bond acceptors (Lipinski definition) is 7. The van der Waals surface area contributed by atoms with Gasteiger partial charge in [0.05, 0.1) is 0 Å². The molecule has 0 amide bonds. The van der Waals surface area contributed by atoms with Crippen LogP contribution in [0.2, 0.25) is 0 Å². The Bertz CT molecular complexity index is 688. The Morgan fingerprint density at radius 2 is 2.26 bits per heavy atom. The molecule has 2 aromatic rings. The molecule has 4 atom stereocenters. The number of aromatic nitrogens is 4. The minimum atomic E-state index is -1.46. The predicted molar refractivity (Wildman–Crippen MR) is 59.3 cm³/mol. The quantitative estimate of drug-likeness (QED) is 0.410. The highest BCUT2D eigenvalue weighted by molar-refractivity contribution is 5.79. The molecular formula is C10H12N5O4+. The van der Waals surface area contributed by atoms with Gasteiger partial charge in [-0.25, -0.2) is 9.55 Å². The van der Waals surface area contributed by atoms with E-state index in [-0.39, 0.29) is 5.82 Å². The summed E-state index contributed by atoms with van der Waals surface area (Å²) in [6.45, 7) is -0.502. The number of fused-ring (bicyclic) bond motifs is 4. The zero-order valence-corrected chi connectivity index (χ0v) is 9.71. The van der Waals surface area contributed by atoms with Gasteiger partial charge in [-0.15, -0.1) is 0 Å². The molecular weight excluding hydrogens is 254 g/mol. The molecule has 9 nitrogen and oxygen atoms in total. The predicted octanol–water partition coefficient (Wildman–Crippen LogP) is -2.79. The number of aliphatic hydroxyl groups is 3. The van der Waals surface area contributed by atoms with Gasteiger partial charge < -0.3 is 21.1 Å². The molecule has 1 saturated heterocycles. The number of nitrogen functional groups attached to an aromatic ring is 1. The van der Waals surface area contributed by atoms with Gasteiger partial charge in [-0.3, -0.25) is 4.74 Å². The lowest BCUT2D eigenvalue weighted by molar-refractivity contribution is -0.806. The number of aliphatic hydroxyl groups excluding tert-OH is 3. The Balaban J connectivity index is 2.14. The second-order valence-electron chi connectivity index (χ2n) is 4.77. The molecule has 2 bridgehead atoms. The van der Waals surface area contributed by atoms with Crippen molar-refractivity contribution in [1.82, 2.24) is 14.5 Å². The van der Waals surface area contributed by atoms with Crippen LogP contribution in [-0.2, 0) is 10.5 Å². The van der Waals surface area contributed by atoms with E-state index in [4.69, 9.17) is 10.5 Å². The van der Waals surface area contributed by atoms with Gasteiger partial charge >= 0.3 is 0 Å². The maximum absolute atomic E-state index is 10.2. The van der Waals surface area contributed by atoms with E-state index in [0.29, 0.717) is 11.2 Å². The lowest BCUT2D eigenvalue weighted by Crippen LogP contribution is -2.66. The van der Waals surface area contributed by atoms with Crippen LogP contribution < -0.4 is 10.3 Å². The molecule has 19 heavy (non-hydrogen) atoms. The zero-order chi connectivity index (χ0) is 13.4. The first-order chi connectivity index (χ1) is 9.10. The number of nitrogens with zero attached hydrogens (tertiary/aromatic N) is 4. The molecule has 0 saturated carbocycles. The van der Waals surface area contributed by atoms with Crippen LogP contribution in [0, 0.1) is 0 Å². The summed E-state index contributed by atoms with van der Waals surface area (Å²) in [6.07, 6.45) is -0.434. The summed E-state index contributed by atoms with van der Waals surface area (Å²) in [5.74, 6) is 0.239. The fourth-order valence-electron chi connectivity index (χ4n) is 2.87. The van der Waals surface area contributed by atoms with Gasteiger partial charge in [0.15, 0.2) is 17.9 Å². The van der Waals surface area contributed by atoms with Gasteiger partial charge in [0.25, 0.3) is 5.65 Å². The van der Waals surface area contributed by atoms with E-state index in [0.717, 1.165) is 0 Å². The summed E-state index contributed by atoms with van der Waals surface area (Å²) in [7, 11) is 0. The van der Waals surface area contributed by atoms with Crippen LogP contribution in [0.5, 0.6) is 0 Å². The molecule has 0 spiro atoms. The number of ether oxygens (including phenoxy) is 1. The van der Waals surface area contributed by atoms with Crippen molar-refractivity contribution >= 4 is 17.0 Å². The molecule has 2 aliphatic heterocycles. The first kappa shape index (κ1) is 11.1. The molecule has 2 unspecified atom stereocenters. The van der Waals surface area contributed by atoms with E-state index in [1.807, 2.05) is 0 Å². The van der Waals surface area contributed by atoms with E-state index < -0.39 is 30.8 Å². The smallest absolute Gasteiger partial charge is 0.265 e. The van der Waals surface area contributed by atoms with Crippen LogP contribution in [0.3, 0.4) is 0 Å². The summed E-state index contributed by atoms with van der Waals surface area (Å²) < 4.78 is 8.66. The highest BCUT2D eigenvalue weighted by atomic mass is 16.6. The number of anilines is 1. The highest BCUT2D eigenvalue weighted by Gasteiger charge is 2.63. The van der Waals surface area contributed by atoms with Crippen LogP contribution in [0.1, 0.15) is 6.23 Å². The van der Waals surface area contributed by atoms with Crippen molar-refractivity contribution in [1.29, 1.82) is 0 Å². The summed E-state index contributed by atoms with van der Waals surface area (Å²) in [5.41, 5.74) is 5.28. The van der Waals surface area contributed by atoms with Gasteiger partial charge in [-0.05, 0) is 0 Å². The van der Waals surface area contributed by atoms with E-state index in [1.165, 1.54) is 17.2 Å². The van der Waals surface area contributed by atoms with Crippen LogP contribution in [0.25, 0.3) is 11.2 Å². The third kappa shape index (κ3) is 1.03. The van der Waals surface area contributed by atoms with Crippen molar-refractivity contribution in [3.05, 3.63) is 12.7 Å². The SMILES string of the molecule is Nc1nc[n+]2c3c1ncn3[C@@H]1O[C@@]2(CO)C(O)C1O. The van der Waals surface area contributed by atoms with Crippen molar-refractivity contribution in [3.8, 4) is 0 Å². The van der Waals surface area contributed by atoms with E-state index in [2.05, 4.69) is 9.97 Å². The van der Waals surface area contributed by atoms with Gasteiger partial charge in [0, 0.05) is 0 Å². The Morgan fingerprint density at radius 3 is 3.00 bits per heavy atom. The van der Waals surface area contributed by atoms with Crippen LogP contribution in [0.15, 0.2) is 12.7 Å². The van der Waals surface area contributed by atoms with Crippen LogP contribution in [-0.4, -0.2) is 48.7 Å². The fraction of sp³-hybridized carbons (Fsp3) is 0.500. The van der Waals surface area contributed by atoms with Crippen molar-refractivity contribution < 1.29 is 24.6 Å². The average Bonchev–Trinajstić information content (AvgIpc) is 2.94. The second-order valence-corrected chi connectivity index (χ2v) is 4.77. The van der Waals surface area contributed by atoms with Crippen LogP contribution >= 0.6 is 0 Å². The van der Waals surface area contributed by atoms with Crippen molar-refractivity contribution in [2.45, 2.75) is 24.2 Å². The molecule has 0 aromatic carbocycles. The summed E-state index contributed by atoms with van der Waals surface area (Å²) in [6, 6.07) is 0. The number of hydrogen-bond donors (Lipinski definition) is 4. The lowest BCUT2D eigenvalue weighted by atomic mass is 10.1. The summed E-state index contributed by atoms with van der Waals surface area (Å²) in [5, 5.41) is 29.9. The Hall–Kier alpha value is -1.81. The molecule has 4 rings (SSSR count). The van der Waals surface area contributed by atoms with E-state index in [9.17, 15) is 15.3 Å². The minimum Gasteiger partial charge on any atom is -0.390 e. The fourth-order valence-corrected chi connectivity index (χ4v) is 2.87. The molecule has 2 aliphatic rings. The van der Waals surface area contributed by atoms with Crippen LogP contribution in [0.4, 0.5) is 5.82 Å². The molecule has 1 fully saturated rings. The number of rotatable bonds is 1. The normalized spacial score (nSPS) is 36.1. The molecule has 5 N–H and O–H groups in total. The highest BCUT2D eigenvalue weighted by Crippen LogP contribution is 2.42. The maximum Gasteiger partial charge on any atom is 0.265 e. The molecule has 9 heteroatoms. The Labute approximate surface area is 106 Å². The summed E-state index contributed by atoms with van der Waals surface area (Å²) >= 11 is 0. The third-order valence-electron chi connectivity index (χ3n) is 3.86.